The van der Waals surface area contributed by atoms with Gasteiger partial charge in [0.25, 0.3) is 0 Å². The van der Waals surface area contributed by atoms with Crippen molar-refractivity contribution in [2.45, 2.75) is 12.5 Å². The number of ether oxygens (including phenoxy) is 1. The third kappa shape index (κ3) is 6.98. The van der Waals surface area contributed by atoms with E-state index < -0.39 is 5.97 Å². The Kier molecular flexibility index (Phi) is 8.95. The standard InChI is InChI=1S/C18H20ClNO3.Li/c1-20(13-18(21)22)12-11-17(14-5-3-2-4-6-14)23-16-9-7-15(19)8-10-16;/h2-10,17H,11-13H2,1H3,(H,21,22);/q;+1/p-1/t17-;/m1./s1. The molecule has 0 fully saturated rings. The van der Waals surface area contributed by atoms with Crippen LogP contribution in [0.2, 0.25) is 5.02 Å². The van der Waals surface area contributed by atoms with E-state index in [0.29, 0.717) is 18.0 Å². The number of carboxylic acid groups (broad SMARTS) is 1. The monoisotopic (exact) mass is 339 g/mol. The van der Waals surface area contributed by atoms with Gasteiger partial charge in [-0.25, -0.2) is 0 Å². The fourth-order valence-electron chi connectivity index (χ4n) is 2.28. The van der Waals surface area contributed by atoms with Crippen molar-refractivity contribution in [2.24, 2.45) is 0 Å². The number of nitrogens with zero attached hydrogens (tertiary/aromatic N) is 1. The smallest absolute Gasteiger partial charge is 0.549 e. The maximum Gasteiger partial charge on any atom is 1.00 e. The number of halogens is 1. The average molecular weight is 340 g/mol. The van der Waals surface area contributed by atoms with Crippen molar-refractivity contribution in [3.63, 3.8) is 0 Å². The van der Waals surface area contributed by atoms with Gasteiger partial charge in [0.05, 0.1) is 5.97 Å². The number of carbonyl (C=O) groups excluding carboxylic acids is 1. The van der Waals surface area contributed by atoms with Gasteiger partial charge < -0.3 is 19.5 Å². The van der Waals surface area contributed by atoms with Crippen LogP contribution in [0.25, 0.3) is 0 Å². The third-order valence-corrected chi connectivity index (χ3v) is 3.69. The van der Waals surface area contributed by atoms with Gasteiger partial charge in [-0.3, -0.25) is 0 Å². The number of carbonyl (C=O) groups is 1. The summed E-state index contributed by atoms with van der Waals surface area (Å²) < 4.78 is 6.06. The van der Waals surface area contributed by atoms with Crippen LogP contribution in [0.5, 0.6) is 5.75 Å². The SMILES string of the molecule is CN(CC[C@@H](Oc1ccc(Cl)cc1)c1ccccc1)CC(=O)[O-].[Li+]. The molecule has 0 spiro atoms. The minimum absolute atomic E-state index is 0. The quantitative estimate of drug-likeness (QED) is 0.611. The van der Waals surface area contributed by atoms with Gasteiger partial charge in [0, 0.05) is 24.5 Å². The first-order valence-electron chi connectivity index (χ1n) is 7.40. The summed E-state index contributed by atoms with van der Waals surface area (Å²) >= 11 is 5.89. The number of aliphatic carboxylic acids is 1. The van der Waals surface area contributed by atoms with E-state index in [0.717, 1.165) is 11.3 Å². The van der Waals surface area contributed by atoms with Crippen LogP contribution < -0.4 is 28.7 Å². The van der Waals surface area contributed by atoms with E-state index in [4.69, 9.17) is 16.3 Å². The predicted octanol–water partition coefficient (Wildman–Crippen LogP) is -0.464. The number of hydrogen-bond acceptors (Lipinski definition) is 4. The molecule has 0 amide bonds. The Labute approximate surface area is 159 Å². The minimum Gasteiger partial charge on any atom is -0.549 e. The molecule has 4 nitrogen and oxygen atoms in total. The first kappa shape index (κ1) is 20.6. The zero-order valence-electron chi connectivity index (χ0n) is 13.9. The molecule has 0 aliphatic carbocycles. The van der Waals surface area contributed by atoms with E-state index in [1.165, 1.54) is 0 Å². The van der Waals surface area contributed by atoms with Gasteiger partial charge in [0.1, 0.15) is 11.9 Å². The normalized spacial score (nSPS) is 11.6. The molecule has 122 valence electrons. The summed E-state index contributed by atoms with van der Waals surface area (Å²) in [5.74, 6) is -0.354. The van der Waals surface area contributed by atoms with E-state index in [1.807, 2.05) is 42.5 Å². The van der Waals surface area contributed by atoms with E-state index >= 15 is 0 Å². The van der Waals surface area contributed by atoms with E-state index in [-0.39, 0.29) is 31.5 Å². The van der Waals surface area contributed by atoms with E-state index in [1.54, 1.807) is 24.1 Å². The van der Waals surface area contributed by atoms with Crippen LogP contribution in [0.1, 0.15) is 18.1 Å². The Morgan fingerprint density at radius 2 is 1.79 bits per heavy atom. The second-order valence-electron chi connectivity index (χ2n) is 5.37. The zero-order valence-corrected chi connectivity index (χ0v) is 14.7. The summed E-state index contributed by atoms with van der Waals surface area (Å²) in [6.45, 7) is 0.490. The molecule has 0 heterocycles. The molecule has 0 saturated carbocycles. The molecule has 0 aromatic heterocycles. The van der Waals surface area contributed by atoms with Crippen molar-refractivity contribution in [1.29, 1.82) is 0 Å². The van der Waals surface area contributed by atoms with Crippen molar-refractivity contribution < 1.29 is 33.5 Å². The van der Waals surface area contributed by atoms with Gasteiger partial charge in [0.15, 0.2) is 0 Å². The largest absolute Gasteiger partial charge is 1.00 e. The number of carboxylic acids is 1. The first-order valence-corrected chi connectivity index (χ1v) is 7.78. The summed E-state index contributed by atoms with van der Waals surface area (Å²) in [6.07, 6.45) is 0.498. The molecule has 0 bridgehead atoms. The molecule has 0 unspecified atom stereocenters. The van der Waals surface area contributed by atoms with Crippen LogP contribution in [0.15, 0.2) is 54.6 Å². The summed E-state index contributed by atoms with van der Waals surface area (Å²) in [7, 11) is 1.75. The van der Waals surface area contributed by atoms with Crippen LogP contribution in [0.4, 0.5) is 0 Å². The van der Waals surface area contributed by atoms with Crippen molar-refractivity contribution in [1.82, 2.24) is 4.90 Å². The Hall–Kier alpha value is -1.44. The van der Waals surface area contributed by atoms with Crippen LogP contribution in [0.3, 0.4) is 0 Å². The molecule has 2 aromatic rings. The number of rotatable bonds is 8. The van der Waals surface area contributed by atoms with E-state index in [2.05, 4.69) is 0 Å². The van der Waals surface area contributed by atoms with Gasteiger partial charge in [-0.2, -0.15) is 0 Å². The van der Waals surface area contributed by atoms with Crippen LogP contribution >= 0.6 is 11.6 Å². The van der Waals surface area contributed by atoms with Crippen molar-refractivity contribution >= 4 is 17.6 Å². The predicted molar refractivity (Wildman–Crippen MR) is 88.4 cm³/mol. The van der Waals surface area contributed by atoms with Gasteiger partial charge in [-0.05, 0) is 36.9 Å². The van der Waals surface area contributed by atoms with Gasteiger partial charge in [-0.1, -0.05) is 41.9 Å². The maximum absolute atomic E-state index is 10.7. The summed E-state index contributed by atoms with van der Waals surface area (Å²) in [5, 5.41) is 11.3. The van der Waals surface area contributed by atoms with Crippen LogP contribution in [-0.4, -0.2) is 31.0 Å². The molecular weight excluding hydrogens is 321 g/mol. The molecule has 0 N–H and O–H groups in total. The van der Waals surface area contributed by atoms with Gasteiger partial charge in [0.2, 0.25) is 0 Å². The zero-order chi connectivity index (χ0) is 16.7. The molecule has 0 radical (unpaired) electrons. The molecule has 24 heavy (non-hydrogen) atoms. The molecule has 2 aromatic carbocycles. The van der Waals surface area contributed by atoms with Gasteiger partial charge >= 0.3 is 18.9 Å². The number of benzene rings is 2. The molecule has 2 rings (SSSR count). The van der Waals surface area contributed by atoms with Crippen molar-refractivity contribution in [3.8, 4) is 5.75 Å². The van der Waals surface area contributed by atoms with Crippen LogP contribution in [-0.2, 0) is 4.79 Å². The fourth-order valence-corrected chi connectivity index (χ4v) is 2.40. The molecule has 0 aliphatic heterocycles. The first-order chi connectivity index (χ1) is 11.0. The summed E-state index contributed by atoms with van der Waals surface area (Å²) in [5.41, 5.74) is 1.05. The minimum atomic E-state index is -1.08. The van der Waals surface area contributed by atoms with Crippen molar-refractivity contribution in [2.75, 3.05) is 20.1 Å². The van der Waals surface area contributed by atoms with E-state index in [9.17, 15) is 9.90 Å². The Morgan fingerprint density at radius 3 is 2.38 bits per heavy atom. The second kappa shape index (κ2) is 10.4. The Balaban J connectivity index is 0.00000288. The van der Waals surface area contributed by atoms with Gasteiger partial charge in [-0.15, -0.1) is 0 Å². The molecule has 1 atom stereocenters. The summed E-state index contributed by atoms with van der Waals surface area (Å²) in [4.78, 5) is 12.4. The topological polar surface area (TPSA) is 52.6 Å². The number of likely N-dealkylation sites (N-methyl/N-ethyl adjacent to an activating group) is 1. The Morgan fingerprint density at radius 1 is 1.17 bits per heavy atom. The molecular formula is C18H19ClLiNO3. The molecule has 0 aliphatic rings. The summed E-state index contributed by atoms with van der Waals surface area (Å²) in [6, 6.07) is 17.1. The third-order valence-electron chi connectivity index (χ3n) is 3.44. The number of hydrogen-bond donors (Lipinski definition) is 0. The average Bonchev–Trinajstić information content (AvgIpc) is 2.53. The molecule has 6 heteroatoms. The maximum atomic E-state index is 10.7. The van der Waals surface area contributed by atoms with Crippen LogP contribution in [0, 0.1) is 0 Å². The Bertz CT molecular complexity index is 622. The fraction of sp³-hybridized carbons (Fsp3) is 0.278. The second-order valence-corrected chi connectivity index (χ2v) is 5.81. The van der Waals surface area contributed by atoms with Crippen molar-refractivity contribution in [3.05, 3.63) is 65.2 Å². The molecule has 0 saturated heterocycles.